The van der Waals surface area contributed by atoms with Crippen molar-refractivity contribution in [1.29, 1.82) is 0 Å². The van der Waals surface area contributed by atoms with Crippen molar-refractivity contribution in [2.24, 2.45) is 17.6 Å². The number of hydrogen-bond acceptors (Lipinski definition) is 3. The predicted octanol–water partition coefficient (Wildman–Crippen LogP) is 1.72. The average Bonchev–Trinajstić information content (AvgIpc) is 2.29. The van der Waals surface area contributed by atoms with Gasteiger partial charge in [-0.3, -0.25) is 0 Å². The second-order valence-electron chi connectivity index (χ2n) is 5.24. The number of methoxy groups -OCH3 is 1. The second-order valence-corrected chi connectivity index (χ2v) is 5.24. The molecule has 1 rings (SSSR count). The van der Waals surface area contributed by atoms with Crippen LogP contribution in [0.2, 0.25) is 0 Å². The SMILES string of the molecule is COCC1CCN(CC(C)CCCN)CC1. The highest BCUT2D eigenvalue weighted by Gasteiger charge is 2.19. The Morgan fingerprint density at radius 3 is 2.62 bits per heavy atom. The van der Waals surface area contributed by atoms with Gasteiger partial charge in [0, 0.05) is 20.3 Å². The first kappa shape index (κ1) is 13.9. The van der Waals surface area contributed by atoms with Gasteiger partial charge in [-0.2, -0.15) is 0 Å². The predicted molar refractivity (Wildman–Crippen MR) is 68.5 cm³/mol. The Morgan fingerprint density at radius 1 is 1.38 bits per heavy atom. The molecule has 1 atom stereocenters. The molecule has 3 heteroatoms. The highest BCUT2D eigenvalue weighted by Crippen LogP contribution is 2.19. The van der Waals surface area contributed by atoms with Gasteiger partial charge in [0.15, 0.2) is 0 Å². The van der Waals surface area contributed by atoms with Crippen molar-refractivity contribution in [1.82, 2.24) is 4.90 Å². The molecule has 1 saturated heterocycles. The number of ether oxygens (including phenoxy) is 1. The number of rotatable bonds is 7. The third-order valence-electron chi connectivity index (χ3n) is 3.58. The van der Waals surface area contributed by atoms with Gasteiger partial charge >= 0.3 is 0 Å². The van der Waals surface area contributed by atoms with E-state index >= 15 is 0 Å². The molecule has 1 unspecified atom stereocenters. The molecule has 2 N–H and O–H groups in total. The summed E-state index contributed by atoms with van der Waals surface area (Å²) in [6, 6.07) is 0. The van der Waals surface area contributed by atoms with Crippen LogP contribution >= 0.6 is 0 Å². The van der Waals surface area contributed by atoms with Crippen LogP contribution in [0.25, 0.3) is 0 Å². The molecule has 0 aromatic rings. The first-order valence-electron chi connectivity index (χ1n) is 6.67. The Labute approximate surface area is 100 Å². The van der Waals surface area contributed by atoms with Gasteiger partial charge in [0.05, 0.1) is 0 Å². The first-order chi connectivity index (χ1) is 7.76. The first-order valence-corrected chi connectivity index (χ1v) is 6.67. The normalized spacial score (nSPS) is 21.2. The van der Waals surface area contributed by atoms with Crippen LogP contribution in [0.1, 0.15) is 32.6 Å². The average molecular weight is 228 g/mol. The molecule has 0 bridgehead atoms. The van der Waals surface area contributed by atoms with Crippen LogP contribution in [-0.2, 0) is 4.74 Å². The molecule has 0 aromatic carbocycles. The Bertz CT molecular complexity index is 167. The van der Waals surface area contributed by atoms with Gasteiger partial charge in [0.1, 0.15) is 0 Å². The van der Waals surface area contributed by atoms with E-state index in [0.29, 0.717) is 0 Å². The fraction of sp³-hybridized carbons (Fsp3) is 1.00. The molecule has 96 valence electrons. The van der Waals surface area contributed by atoms with Crippen molar-refractivity contribution in [3.05, 3.63) is 0 Å². The van der Waals surface area contributed by atoms with E-state index in [1.165, 1.54) is 45.3 Å². The molecule has 16 heavy (non-hydrogen) atoms. The Hall–Kier alpha value is -0.120. The Balaban J connectivity index is 2.11. The highest BCUT2D eigenvalue weighted by atomic mass is 16.5. The minimum Gasteiger partial charge on any atom is -0.384 e. The molecule has 0 radical (unpaired) electrons. The third kappa shape index (κ3) is 5.28. The van der Waals surface area contributed by atoms with Gasteiger partial charge in [-0.15, -0.1) is 0 Å². The number of nitrogens with two attached hydrogens (primary N) is 1. The van der Waals surface area contributed by atoms with E-state index in [1.807, 2.05) is 0 Å². The molecule has 0 aliphatic carbocycles. The summed E-state index contributed by atoms with van der Waals surface area (Å²) in [6.07, 6.45) is 5.05. The molecular weight excluding hydrogens is 200 g/mol. The molecular formula is C13H28N2O. The molecule has 1 fully saturated rings. The zero-order valence-electron chi connectivity index (χ0n) is 11.0. The molecule has 3 nitrogen and oxygen atoms in total. The standard InChI is InChI=1S/C13H28N2O/c1-12(4-3-7-14)10-15-8-5-13(6-9-15)11-16-2/h12-13H,3-11,14H2,1-2H3. The van der Waals surface area contributed by atoms with Gasteiger partial charge in [0.2, 0.25) is 0 Å². The van der Waals surface area contributed by atoms with Gasteiger partial charge in [-0.05, 0) is 57.2 Å². The van der Waals surface area contributed by atoms with Crippen molar-refractivity contribution in [2.75, 3.05) is 39.9 Å². The van der Waals surface area contributed by atoms with E-state index in [2.05, 4.69) is 11.8 Å². The van der Waals surface area contributed by atoms with Gasteiger partial charge < -0.3 is 15.4 Å². The van der Waals surface area contributed by atoms with Gasteiger partial charge in [-0.25, -0.2) is 0 Å². The lowest BCUT2D eigenvalue weighted by atomic mass is 9.96. The zero-order valence-corrected chi connectivity index (χ0v) is 11.0. The maximum Gasteiger partial charge on any atom is 0.0491 e. The van der Waals surface area contributed by atoms with Gasteiger partial charge in [-0.1, -0.05) is 6.92 Å². The lowest BCUT2D eigenvalue weighted by molar-refractivity contribution is 0.0929. The summed E-state index contributed by atoms with van der Waals surface area (Å²) in [6.45, 7) is 7.87. The van der Waals surface area contributed by atoms with E-state index in [0.717, 1.165) is 25.0 Å². The van der Waals surface area contributed by atoms with Crippen LogP contribution in [-0.4, -0.2) is 44.8 Å². The van der Waals surface area contributed by atoms with Crippen LogP contribution in [0.4, 0.5) is 0 Å². The van der Waals surface area contributed by atoms with Crippen LogP contribution in [0.3, 0.4) is 0 Å². The Kier molecular flexibility index (Phi) is 7.01. The largest absolute Gasteiger partial charge is 0.384 e. The lowest BCUT2D eigenvalue weighted by Crippen LogP contribution is -2.37. The minimum atomic E-state index is 0.792. The molecule has 0 spiro atoms. The molecule has 1 aliphatic rings. The maximum absolute atomic E-state index is 5.53. The van der Waals surface area contributed by atoms with E-state index in [9.17, 15) is 0 Å². The number of hydrogen-bond donors (Lipinski definition) is 1. The molecule has 1 aliphatic heterocycles. The fourth-order valence-electron chi connectivity index (χ4n) is 2.57. The van der Waals surface area contributed by atoms with E-state index in [-0.39, 0.29) is 0 Å². The number of nitrogens with zero attached hydrogens (tertiary/aromatic N) is 1. The van der Waals surface area contributed by atoms with Crippen molar-refractivity contribution in [3.63, 3.8) is 0 Å². The van der Waals surface area contributed by atoms with Crippen molar-refractivity contribution < 1.29 is 4.74 Å². The molecule has 1 heterocycles. The van der Waals surface area contributed by atoms with Gasteiger partial charge in [0.25, 0.3) is 0 Å². The van der Waals surface area contributed by atoms with Crippen LogP contribution in [0.15, 0.2) is 0 Å². The summed E-state index contributed by atoms with van der Waals surface area (Å²) in [5.74, 6) is 1.59. The van der Waals surface area contributed by atoms with Crippen molar-refractivity contribution in [2.45, 2.75) is 32.6 Å². The summed E-state index contributed by atoms with van der Waals surface area (Å²) < 4.78 is 5.22. The summed E-state index contributed by atoms with van der Waals surface area (Å²) in [7, 11) is 1.81. The second kappa shape index (κ2) is 8.04. The lowest BCUT2D eigenvalue weighted by Gasteiger charge is -2.33. The Morgan fingerprint density at radius 2 is 2.06 bits per heavy atom. The van der Waals surface area contributed by atoms with E-state index in [4.69, 9.17) is 10.5 Å². The zero-order chi connectivity index (χ0) is 11.8. The van der Waals surface area contributed by atoms with Crippen molar-refractivity contribution >= 4 is 0 Å². The monoisotopic (exact) mass is 228 g/mol. The molecule has 0 saturated carbocycles. The summed E-state index contributed by atoms with van der Waals surface area (Å²) in [5, 5.41) is 0. The summed E-state index contributed by atoms with van der Waals surface area (Å²) in [4.78, 5) is 2.60. The van der Waals surface area contributed by atoms with Crippen LogP contribution < -0.4 is 5.73 Å². The topological polar surface area (TPSA) is 38.5 Å². The maximum atomic E-state index is 5.53. The summed E-state index contributed by atoms with van der Waals surface area (Å²) in [5.41, 5.74) is 5.53. The van der Waals surface area contributed by atoms with Crippen molar-refractivity contribution in [3.8, 4) is 0 Å². The fourth-order valence-corrected chi connectivity index (χ4v) is 2.57. The summed E-state index contributed by atoms with van der Waals surface area (Å²) >= 11 is 0. The van der Waals surface area contributed by atoms with Crippen LogP contribution in [0.5, 0.6) is 0 Å². The smallest absolute Gasteiger partial charge is 0.0491 e. The quantitative estimate of drug-likeness (QED) is 0.721. The minimum absolute atomic E-state index is 0.792. The van der Waals surface area contributed by atoms with E-state index < -0.39 is 0 Å². The molecule has 0 amide bonds. The number of likely N-dealkylation sites (tertiary alicyclic amines) is 1. The third-order valence-corrected chi connectivity index (χ3v) is 3.58. The number of piperidine rings is 1. The highest BCUT2D eigenvalue weighted by molar-refractivity contribution is 4.73. The van der Waals surface area contributed by atoms with Crippen LogP contribution in [0, 0.1) is 11.8 Å². The van der Waals surface area contributed by atoms with E-state index in [1.54, 1.807) is 7.11 Å². The molecule has 0 aromatic heterocycles.